The topological polar surface area (TPSA) is 61.8 Å². The van der Waals surface area contributed by atoms with Gasteiger partial charge in [-0.3, -0.25) is 9.59 Å². The maximum atomic E-state index is 13.6. The van der Waals surface area contributed by atoms with Crippen LogP contribution in [0.15, 0.2) is 47.6 Å². The molecule has 0 fully saturated rings. The van der Waals surface area contributed by atoms with Crippen molar-refractivity contribution in [2.75, 3.05) is 11.6 Å². The number of hydrogen-bond donors (Lipinski definition) is 1. The van der Waals surface area contributed by atoms with E-state index in [1.165, 1.54) is 11.1 Å². The number of nitrogens with zero attached hydrogens (tertiary/aromatic N) is 2. The van der Waals surface area contributed by atoms with Gasteiger partial charge in [0.2, 0.25) is 5.91 Å². The van der Waals surface area contributed by atoms with Crippen molar-refractivity contribution >= 4 is 23.2 Å². The number of aryl methyl sites for hydroxylation is 2. The van der Waals surface area contributed by atoms with Crippen molar-refractivity contribution < 1.29 is 14.0 Å². The summed E-state index contributed by atoms with van der Waals surface area (Å²) in [5.74, 6) is -0.741. The molecule has 0 aliphatic carbocycles. The van der Waals surface area contributed by atoms with Crippen molar-refractivity contribution in [3.05, 3.63) is 65.0 Å². The number of rotatable bonds is 5. The summed E-state index contributed by atoms with van der Waals surface area (Å²) >= 11 is 0. The Morgan fingerprint density at radius 3 is 2.74 bits per heavy atom. The van der Waals surface area contributed by atoms with Gasteiger partial charge in [-0.15, -0.1) is 0 Å². The van der Waals surface area contributed by atoms with E-state index in [9.17, 15) is 14.0 Å². The molecule has 2 aromatic rings. The van der Waals surface area contributed by atoms with E-state index in [1.54, 1.807) is 18.2 Å². The predicted octanol–water partition coefficient (Wildman–Crippen LogP) is 3.28. The third kappa shape index (κ3) is 4.39. The van der Waals surface area contributed by atoms with Crippen LogP contribution in [0.4, 0.5) is 10.1 Å². The fraction of sp³-hybridized carbons (Fsp3) is 0.286. The van der Waals surface area contributed by atoms with Crippen LogP contribution in [0.3, 0.4) is 0 Å². The van der Waals surface area contributed by atoms with Crippen LogP contribution in [0.2, 0.25) is 0 Å². The lowest BCUT2D eigenvalue weighted by molar-refractivity contribution is -0.118. The first-order chi connectivity index (χ1) is 13.0. The molecule has 27 heavy (non-hydrogen) atoms. The number of nitrogens with one attached hydrogen (secondary N) is 1. The normalized spacial score (nSPS) is 14.1. The molecule has 1 N–H and O–H groups in total. The van der Waals surface area contributed by atoms with Crippen LogP contribution < -0.4 is 10.3 Å². The number of carbonyl (C=O) groups excluding carboxylic acids is 2. The first-order valence-corrected chi connectivity index (χ1v) is 8.95. The predicted molar refractivity (Wildman–Crippen MR) is 103 cm³/mol. The molecular formula is C21H22FN3O2. The molecule has 1 aliphatic rings. The van der Waals surface area contributed by atoms with E-state index < -0.39 is 0 Å². The van der Waals surface area contributed by atoms with E-state index in [2.05, 4.69) is 10.4 Å². The number of anilines is 1. The molecule has 0 aromatic heterocycles. The fourth-order valence-corrected chi connectivity index (χ4v) is 2.97. The van der Waals surface area contributed by atoms with Gasteiger partial charge in [0, 0.05) is 19.4 Å². The molecule has 0 unspecified atom stereocenters. The molecule has 6 heteroatoms. The summed E-state index contributed by atoms with van der Waals surface area (Å²) in [7, 11) is 0. The summed E-state index contributed by atoms with van der Waals surface area (Å²) in [5.41, 5.74) is 3.48. The molecule has 0 saturated carbocycles. The lowest BCUT2D eigenvalue weighted by Crippen LogP contribution is -2.40. The summed E-state index contributed by atoms with van der Waals surface area (Å²) in [6, 6.07) is 12.3. The van der Waals surface area contributed by atoms with Gasteiger partial charge in [0.05, 0.1) is 5.69 Å². The highest BCUT2D eigenvalue weighted by Crippen LogP contribution is 2.25. The largest absolute Gasteiger partial charge is 0.351 e. The van der Waals surface area contributed by atoms with Crippen LogP contribution in [-0.2, 0) is 16.0 Å². The Balaban J connectivity index is 1.70. The summed E-state index contributed by atoms with van der Waals surface area (Å²) in [5, 5.41) is 8.38. The zero-order valence-corrected chi connectivity index (χ0v) is 15.5. The molecule has 0 spiro atoms. The Bertz CT molecular complexity index is 908. The number of benzene rings is 2. The first-order valence-electron chi connectivity index (χ1n) is 8.95. The van der Waals surface area contributed by atoms with Crippen LogP contribution in [0.25, 0.3) is 0 Å². The van der Waals surface area contributed by atoms with Gasteiger partial charge in [0.1, 0.15) is 11.5 Å². The Morgan fingerprint density at radius 2 is 1.96 bits per heavy atom. The van der Waals surface area contributed by atoms with E-state index >= 15 is 0 Å². The summed E-state index contributed by atoms with van der Waals surface area (Å²) in [6.07, 6.45) is 0.921. The Labute approximate surface area is 157 Å². The molecule has 0 atom stereocenters. The highest BCUT2D eigenvalue weighted by molar-refractivity contribution is 6.40. The minimum Gasteiger partial charge on any atom is -0.351 e. The highest BCUT2D eigenvalue weighted by atomic mass is 19.1. The second-order valence-electron chi connectivity index (χ2n) is 6.64. The van der Waals surface area contributed by atoms with Gasteiger partial charge in [0.25, 0.3) is 5.91 Å². The molecule has 2 aromatic carbocycles. The number of amides is 2. The molecule has 140 valence electrons. The summed E-state index contributed by atoms with van der Waals surface area (Å²) in [6.45, 7) is 4.15. The van der Waals surface area contributed by atoms with Crippen LogP contribution in [-0.4, -0.2) is 24.1 Å². The average Bonchev–Trinajstić information content (AvgIpc) is 2.65. The second-order valence-corrected chi connectivity index (χ2v) is 6.64. The third-order valence-corrected chi connectivity index (χ3v) is 4.53. The first kappa shape index (κ1) is 18.8. The lowest BCUT2D eigenvalue weighted by Gasteiger charge is -2.24. The Hall–Kier alpha value is -3.02. The number of carbonyl (C=O) groups is 2. The highest BCUT2D eigenvalue weighted by Gasteiger charge is 2.26. The second kappa shape index (κ2) is 8.12. The van der Waals surface area contributed by atoms with Crippen molar-refractivity contribution in [1.29, 1.82) is 0 Å². The lowest BCUT2D eigenvalue weighted by atomic mass is 10.1. The molecule has 0 radical (unpaired) electrons. The van der Waals surface area contributed by atoms with Gasteiger partial charge in [-0.1, -0.05) is 30.3 Å². The van der Waals surface area contributed by atoms with Crippen molar-refractivity contribution in [2.45, 2.75) is 33.1 Å². The smallest absolute Gasteiger partial charge is 0.267 e. The Kier molecular flexibility index (Phi) is 5.64. The van der Waals surface area contributed by atoms with Crippen molar-refractivity contribution in [1.82, 2.24) is 5.32 Å². The van der Waals surface area contributed by atoms with Crippen molar-refractivity contribution in [3.8, 4) is 0 Å². The zero-order chi connectivity index (χ0) is 19.4. The zero-order valence-electron chi connectivity index (χ0n) is 15.5. The van der Waals surface area contributed by atoms with Crippen molar-refractivity contribution in [3.63, 3.8) is 0 Å². The minimum absolute atomic E-state index is 0.133. The molecule has 0 saturated heterocycles. The average molecular weight is 367 g/mol. The molecule has 1 heterocycles. The minimum atomic E-state index is -0.325. The molecule has 0 bridgehead atoms. The third-order valence-electron chi connectivity index (χ3n) is 4.53. The monoisotopic (exact) mass is 367 g/mol. The quantitative estimate of drug-likeness (QED) is 0.882. The standard InChI is InChI=1S/C21H22FN3O2/c1-14-7-8-15(2)19(13-14)25-20(26)10-9-18(24-25)21(27)23-12-11-16-5-3-4-6-17(16)22/h3-8,13H,9-12H2,1-2H3,(H,23,27). The molecule has 2 amide bonds. The van der Waals surface area contributed by atoms with Gasteiger partial charge in [-0.05, 0) is 49.1 Å². The maximum absolute atomic E-state index is 13.6. The molecule has 3 rings (SSSR count). The number of hydrogen-bond acceptors (Lipinski definition) is 3. The molecule has 5 nitrogen and oxygen atoms in total. The van der Waals surface area contributed by atoms with E-state index in [-0.39, 0.29) is 24.1 Å². The number of halogens is 1. The molecule has 1 aliphatic heterocycles. The summed E-state index contributed by atoms with van der Waals surface area (Å²) in [4.78, 5) is 24.7. The van der Waals surface area contributed by atoms with E-state index in [0.29, 0.717) is 36.3 Å². The van der Waals surface area contributed by atoms with Gasteiger partial charge in [0.15, 0.2) is 0 Å². The molecular weight excluding hydrogens is 345 g/mol. The van der Waals surface area contributed by atoms with Gasteiger partial charge in [-0.2, -0.15) is 5.10 Å². The number of hydrazone groups is 1. The maximum Gasteiger partial charge on any atom is 0.267 e. The summed E-state index contributed by atoms with van der Waals surface area (Å²) < 4.78 is 13.6. The van der Waals surface area contributed by atoms with Crippen LogP contribution >= 0.6 is 0 Å². The van der Waals surface area contributed by atoms with Crippen LogP contribution in [0.5, 0.6) is 0 Å². The van der Waals surface area contributed by atoms with E-state index in [4.69, 9.17) is 0 Å². The van der Waals surface area contributed by atoms with Gasteiger partial charge < -0.3 is 5.32 Å². The fourth-order valence-electron chi connectivity index (χ4n) is 2.97. The van der Waals surface area contributed by atoms with E-state index in [0.717, 1.165) is 11.1 Å². The van der Waals surface area contributed by atoms with Crippen LogP contribution in [0.1, 0.15) is 29.5 Å². The SMILES string of the molecule is Cc1ccc(C)c(N2N=C(C(=O)NCCc3ccccc3F)CCC2=O)c1. The Morgan fingerprint density at radius 1 is 1.19 bits per heavy atom. The van der Waals surface area contributed by atoms with Gasteiger partial charge >= 0.3 is 0 Å². The van der Waals surface area contributed by atoms with Gasteiger partial charge in [-0.25, -0.2) is 9.40 Å². The van der Waals surface area contributed by atoms with E-state index in [1.807, 2.05) is 32.0 Å². The van der Waals surface area contributed by atoms with Crippen molar-refractivity contribution in [2.24, 2.45) is 5.10 Å². The van der Waals surface area contributed by atoms with Crippen LogP contribution in [0, 0.1) is 19.7 Å².